The highest BCUT2D eigenvalue weighted by atomic mass is 32.2. The third kappa shape index (κ3) is 3.82. The number of hydrogen-bond donors (Lipinski definition) is 4. The monoisotopic (exact) mass is 495 g/mol. The van der Waals surface area contributed by atoms with Gasteiger partial charge in [0.05, 0.1) is 11.7 Å². The number of nitrogens with two attached hydrogens (primary N) is 1. The number of rotatable bonds is 6. The first kappa shape index (κ1) is 22.2. The summed E-state index contributed by atoms with van der Waals surface area (Å²) in [6, 6.07) is -1.49. The van der Waals surface area contributed by atoms with Crippen LogP contribution in [-0.2, 0) is 14.4 Å². The maximum atomic E-state index is 12.8. The molecule has 2 aliphatic heterocycles. The molecule has 32 heavy (non-hydrogen) atoms. The van der Waals surface area contributed by atoms with E-state index >= 15 is 0 Å². The molecule has 2 aliphatic rings. The number of fused-ring (bicyclic) bond motifs is 1. The van der Waals surface area contributed by atoms with Crippen molar-refractivity contribution in [1.29, 1.82) is 0 Å². The summed E-state index contributed by atoms with van der Waals surface area (Å²) in [7, 11) is 0. The zero-order valence-corrected chi connectivity index (χ0v) is 19.2. The normalized spacial score (nSPS) is 20.8. The molecular formula is C17H17N7O5S3. The number of β-lactam (4-membered cyclic amide) rings is 1. The molecule has 1 saturated heterocycles. The minimum atomic E-state index is -1.22. The van der Waals surface area contributed by atoms with E-state index in [1.54, 1.807) is 0 Å². The summed E-state index contributed by atoms with van der Waals surface area (Å²) in [5.41, 5.74) is 5.78. The fourth-order valence-electron chi connectivity index (χ4n) is 3.45. The van der Waals surface area contributed by atoms with Crippen LogP contribution in [-0.4, -0.2) is 65.1 Å². The smallest absolute Gasteiger partial charge is 0.353 e. The number of amides is 2. The third-order valence-electron chi connectivity index (χ3n) is 5.07. The number of carboxylic acid groups (broad SMARTS) is 1. The summed E-state index contributed by atoms with van der Waals surface area (Å²) in [5.74, 6) is -2.81. The molecule has 0 spiro atoms. The predicted octanol–water partition coefficient (Wildman–Crippen LogP) is 0.950. The lowest BCUT2D eigenvalue weighted by molar-refractivity contribution is -0.155. The minimum absolute atomic E-state index is 0.0824. The second kappa shape index (κ2) is 8.48. The summed E-state index contributed by atoms with van der Waals surface area (Å²) in [4.78, 5) is 48.3. The van der Waals surface area contributed by atoms with Gasteiger partial charge in [0.1, 0.15) is 11.7 Å². The van der Waals surface area contributed by atoms with E-state index in [2.05, 4.69) is 24.8 Å². The molecule has 2 unspecified atom stereocenters. The van der Waals surface area contributed by atoms with Gasteiger partial charge in [-0.2, -0.15) is 9.36 Å². The number of carbonyl (C=O) groups excluding carboxylic acids is 2. The number of carbonyl (C=O) groups is 3. The number of hydrogen-bond acceptors (Lipinski definition) is 12. The lowest BCUT2D eigenvalue weighted by Crippen LogP contribution is -2.72. The maximum Gasteiger partial charge on any atom is 0.353 e. The summed E-state index contributed by atoms with van der Waals surface area (Å²) in [5, 5.41) is 24.5. The van der Waals surface area contributed by atoms with E-state index in [9.17, 15) is 24.7 Å². The average molecular weight is 496 g/mol. The Bertz CT molecular complexity index is 1170. The quantitative estimate of drug-likeness (QED) is 0.195. The fraction of sp³-hybridized carbons (Fsp3) is 0.353. The van der Waals surface area contributed by atoms with Crippen molar-refractivity contribution in [2.75, 3.05) is 5.73 Å². The SMILES string of the molecule is Cc1nc(SC2=C(C(=O)O)N3C(=O)C(NC(=O)/C(=N\O)c4nsc(N)n4)C3CC2)sc1C. The van der Waals surface area contributed by atoms with Gasteiger partial charge in [-0.1, -0.05) is 16.9 Å². The topological polar surface area (TPSA) is 184 Å². The van der Waals surface area contributed by atoms with Crippen molar-refractivity contribution in [2.45, 2.75) is 43.1 Å². The predicted molar refractivity (Wildman–Crippen MR) is 117 cm³/mol. The Kier molecular flexibility index (Phi) is 5.87. The number of nitrogens with zero attached hydrogens (tertiary/aromatic N) is 5. The Balaban J connectivity index is 1.53. The van der Waals surface area contributed by atoms with Gasteiger partial charge < -0.3 is 21.4 Å². The van der Waals surface area contributed by atoms with Gasteiger partial charge in [0.2, 0.25) is 11.5 Å². The van der Waals surface area contributed by atoms with E-state index in [4.69, 9.17) is 5.73 Å². The molecule has 4 rings (SSSR count). The van der Waals surface area contributed by atoms with E-state index in [1.807, 2.05) is 13.8 Å². The zero-order chi connectivity index (χ0) is 23.2. The molecule has 2 amide bonds. The Hall–Kier alpha value is -3.04. The molecule has 0 aromatic carbocycles. The average Bonchev–Trinajstić information content (AvgIpc) is 3.30. The number of aryl methyl sites for hydroxylation is 2. The van der Waals surface area contributed by atoms with Crippen molar-refractivity contribution in [2.24, 2.45) is 5.16 Å². The van der Waals surface area contributed by atoms with Gasteiger partial charge in [-0.15, -0.1) is 11.3 Å². The van der Waals surface area contributed by atoms with Gasteiger partial charge >= 0.3 is 5.97 Å². The van der Waals surface area contributed by atoms with Crippen LogP contribution >= 0.6 is 34.6 Å². The number of nitrogen functional groups attached to an aromatic ring is 1. The molecule has 1 fully saturated rings. The summed E-state index contributed by atoms with van der Waals surface area (Å²) >= 11 is 3.53. The van der Waals surface area contributed by atoms with Crippen LogP contribution in [0.25, 0.3) is 0 Å². The number of aromatic nitrogens is 3. The number of thiazole rings is 1. The number of carboxylic acids is 1. The number of anilines is 1. The number of thioether (sulfide) groups is 1. The van der Waals surface area contributed by atoms with Crippen LogP contribution in [0.4, 0.5) is 5.13 Å². The van der Waals surface area contributed by atoms with Gasteiger partial charge in [0.15, 0.2) is 9.47 Å². The fourth-order valence-corrected chi connectivity index (χ4v) is 6.26. The number of allylic oxidation sites excluding steroid dienone is 1. The van der Waals surface area contributed by atoms with Gasteiger partial charge in [-0.25, -0.2) is 9.78 Å². The lowest BCUT2D eigenvalue weighted by Gasteiger charge is -2.49. The van der Waals surface area contributed by atoms with E-state index in [0.717, 1.165) is 22.1 Å². The van der Waals surface area contributed by atoms with Crippen LogP contribution in [0.2, 0.25) is 0 Å². The molecule has 5 N–H and O–H groups in total. The first-order valence-electron chi connectivity index (χ1n) is 9.25. The molecule has 2 atom stereocenters. The van der Waals surface area contributed by atoms with Gasteiger partial charge in [-0.3, -0.25) is 14.5 Å². The van der Waals surface area contributed by atoms with E-state index in [1.165, 1.54) is 28.0 Å². The van der Waals surface area contributed by atoms with Crippen molar-refractivity contribution in [3.8, 4) is 0 Å². The van der Waals surface area contributed by atoms with Crippen molar-refractivity contribution >= 4 is 63.3 Å². The minimum Gasteiger partial charge on any atom is -0.477 e. The summed E-state index contributed by atoms with van der Waals surface area (Å²) in [6.07, 6.45) is 0.864. The molecule has 0 aliphatic carbocycles. The zero-order valence-electron chi connectivity index (χ0n) is 16.7. The van der Waals surface area contributed by atoms with E-state index in [0.29, 0.717) is 22.1 Å². The maximum absolute atomic E-state index is 12.8. The molecule has 0 saturated carbocycles. The van der Waals surface area contributed by atoms with Crippen LogP contribution in [0.5, 0.6) is 0 Å². The molecule has 4 heterocycles. The van der Waals surface area contributed by atoms with Gasteiger partial charge in [0.25, 0.3) is 11.8 Å². The first-order chi connectivity index (χ1) is 15.2. The standard InChI is InChI=1S/C17H17N7O5S3/c1-5-6(2)30-17(19-5)31-8-4-3-7-9(14(26)24(7)11(8)15(27)28)20-13(25)10(22-29)12-21-16(18)32-23-12/h7,9,29H,3-4H2,1-2H3,(H,20,25)(H,27,28)(H2,18,21,23)/b22-10-. The van der Waals surface area contributed by atoms with Crippen LogP contribution in [0, 0.1) is 13.8 Å². The number of aliphatic carboxylic acids is 1. The second-order valence-electron chi connectivity index (χ2n) is 6.97. The number of oxime groups is 1. The summed E-state index contributed by atoms with van der Waals surface area (Å²) in [6.45, 7) is 3.82. The molecule has 2 aromatic rings. The summed E-state index contributed by atoms with van der Waals surface area (Å²) < 4.78 is 4.53. The second-order valence-corrected chi connectivity index (χ2v) is 10.3. The Morgan fingerprint density at radius 3 is 2.66 bits per heavy atom. The van der Waals surface area contributed by atoms with Crippen molar-refractivity contribution < 1.29 is 24.7 Å². The Labute approximate surface area is 193 Å². The highest BCUT2D eigenvalue weighted by molar-refractivity contribution is 8.04. The largest absolute Gasteiger partial charge is 0.477 e. The van der Waals surface area contributed by atoms with E-state index < -0.39 is 35.6 Å². The molecule has 15 heteroatoms. The lowest BCUT2D eigenvalue weighted by atomic mass is 9.86. The van der Waals surface area contributed by atoms with Gasteiger partial charge in [-0.05, 0) is 26.7 Å². The molecule has 0 bridgehead atoms. The molecular weight excluding hydrogens is 478 g/mol. The van der Waals surface area contributed by atoms with Crippen molar-refractivity contribution in [1.82, 2.24) is 24.6 Å². The highest BCUT2D eigenvalue weighted by Crippen LogP contribution is 2.44. The number of nitrogens with one attached hydrogen (secondary N) is 1. The molecule has 168 valence electrons. The highest BCUT2D eigenvalue weighted by Gasteiger charge is 2.54. The van der Waals surface area contributed by atoms with Gasteiger partial charge in [0, 0.05) is 21.3 Å². The van der Waals surface area contributed by atoms with Crippen LogP contribution in [0.3, 0.4) is 0 Å². The van der Waals surface area contributed by atoms with Crippen molar-refractivity contribution in [3.63, 3.8) is 0 Å². The van der Waals surface area contributed by atoms with Crippen LogP contribution < -0.4 is 11.1 Å². The Morgan fingerprint density at radius 2 is 2.09 bits per heavy atom. The molecule has 2 aromatic heterocycles. The third-order valence-corrected chi connectivity index (χ3v) is 7.89. The van der Waals surface area contributed by atoms with E-state index in [-0.39, 0.29) is 16.7 Å². The van der Waals surface area contributed by atoms with Crippen LogP contribution in [0.15, 0.2) is 20.1 Å². The molecule has 0 radical (unpaired) electrons. The van der Waals surface area contributed by atoms with Crippen LogP contribution in [0.1, 0.15) is 29.2 Å². The van der Waals surface area contributed by atoms with Crippen molar-refractivity contribution in [3.05, 3.63) is 27.0 Å². The molecule has 12 nitrogen and oxygen atoms in total. The first-order valence-corrected chi connectivity index (χ1v) is 11.7. The Morgan fingerprint density at radius 1 is 1.34 bits per heavy atom.